The van der Waals surface area contributed by atoms with Gasteiger partial charge in [0, 0.05) is 35.2 Å². The van der Waals surface area contributed by atoms with E-state index < -0.39 is 0 Å². The molecule has 4 rings (SSSR count). The molecule has 156 valence electrons. The van der Waals surface area contributed by atoms with E-state index in [1.54, 1.807) is 11.3 Å². The molecule has 1 N–H and O–H groups in total. The number of halogens is 1. The first kappa shape index (κ1) is 20.7. The summed E-state index contributed by atoms with van der Waals surface area (Å²) in [6, 6.07) is 17.7. The molecule has 1 amide bonds. The van der Waals surface area contributed by atoms with Gasteiger partial charge in [-0.1, -0.05) is 30.3 Å². The zero-order chi connectivity index (χ0) is 20.8. The lowest BCUT2D eigenvalue weighted by Crippen LogP contribution is -2.35. The number of nitrogens with zero attached hydrogens (tertiary/aromatic N) is 1. The number of ether oxygens (including phenoxy) is 2. The molecule has 1 atom stereocenters. The van der Waals surface area contributed by atoms with E-state index in [-0.39, 0.29) is 18.7 Å². The summed E-state index contributed by atoms with van der Waals surface area (Å²) in [5, 5.41) is 3.95. The van der Waals surface area contributed by atoms with E-state index in [9.17, 15) is 4.79 Å². The van der Waals surface area contributed by atoms with Gasteiger partial charge >= 0.3 is 6.09 Å². The maximum atomic E-state index is 12.1. The second-order valence-electron chi connectivity index (χ2n) is 7.12. The van der Waals surface area contributed by atoms with Gasteiger partial charge in [-0.3, -0.25) is 0 Å². The monoisotopic (exact) mass is 442 g/mol. The Bertz CT molecular complexity index is 952. The molecule has 1 aliphatic rings. The van der Waals surface area contributed by atoms with Crippen LogP contribution in [-0.2, 0) is 24.2 Å². The van der Waals surface area contributed by atoms with E-state index in [0.29, 0.717) is 12.5 Å². The molecule has 1 aliphatic carbocycles. The summed E-state index contributed by atoms with van der Waals surface area (Å²) in [7, 11) is 0. The van der Waals surface area contributed by atoms with E-state index in [4.69, 9.17) is 26.1 Å². The average molecular weight is 443 g/mol. The van der Waals surface area contributed by atoms with Crippen molar-refractivity contribution in [1.29, 1.82) is 0 Å². The average Bonchev–Trinajstić information content (AvgIpc) is 3.32. The predicted molar refractivity (Wildman–Crippen MR) is 119 cm³/mol. The third kappa shape index (κ3) is 5.32. The lowest BCUT2D eigenvalue weighted by molar-refractivity contribution is 0.136. The van der Waals surface area contributed by atoms with Crippen LogP contribution in [0.2, 0.25) is 0 Å². The molecule has 1 heterocycles. The minimum Gasteiger partial charge on any atom is -0.494 e. The SMILES string of the molecule is O=C(NC1Cc2nc(-c3ccc(OCCCCl)cc3)sc2C1)OCc1ccccc1. The molecule has 0 bridgehead atoms. The van der Waals surface area contributed by atoms with E-state index >= 15 is 0 Å². The number of amides is 1. The number of carbonyl (C=O) groups is 1. The molecule has 3 aromatic rings. The number of rotatable bonds is 8. The molecular formula is C23H23ClN2O3S. The van der Waals surface area contributed by atoms with E-state index in [2.05, 4.69) is 5.32 Å². The van der Waals surface area contributed by atoms with Gasteiger partial charge in [-0.05, 0) is 36.2 Å². The normalized spacial score (nSPS) is 14.9. The zero-order valence-electron chi connectivity index (χ0n) is 16.5. The number of fused-ring (bicyclic) bond motifs is 1. The van der Waals surface area contributed by atoms with Gasteiger partial charge in [0.15, 0.2) is 0 Å². The highest BCUT2D eigenvalue weighted by molar-refractivity contribution is 7.15. The summed E-state index contributed by atoms with van der Waals surface area (Å²) in [5.74, 6) is 1.44. The highest BCUT2D eigenvalue weighted by atomic mass is 35.5. The first-order valence-corrected chi connectivity index (χ1v) is 11.3. The van der Waals surface area contributed by atoms with Crippen molar-refractivity contribution < 1.29 is 14.3 Å². The van der Waals surface area contributed by atoms with Crippen molar-refractivity contribution in [2.75, 3.05) is 12.5 Å². The molecular weight excluding hydrogens is 420 g/mol. The molecule has 2 aromatic carbocycles. The van der Waals surface area contributed by atoms with E-state index in [0.717, 1.165) is 46.8 Å². The molecule has 0 spiro atoms. The Balaban J connectivity index is 1.28. The fourth-order valence-electron chi connectivity index (χ4n) is 3.33. The van der Waals surface area contributed by atoms with Crippen LogP contribution in [0.15, 0.2) is 54.6 Å². The Hall–Kier alpha value is -2.57. The number of alkyl carbamates (subject to hydrolysis) is 1. The standard InChI is InChI=1S/C23H23ClN2O3S/c24-11-4-12-28-19-9-7-17(8-10-19)22-26-20-13-18(14-21(20)30-22)25-23(27)29-15-16-5-2-1-3-6-16/h1-3,5-10,18H,4,11-15H2,(H,25,27). The van der Waals surface area contributed by atoms with Crippen molar-refractivity contribution in [3.63, 3.8) is 0 Å². The van der Waals surface area contributed by atoms with Gasteiger partial charge in [0.25, 0.3) is 0 Å². The van der Waals surface area contributed by atoms with Crippen LogP contribution in [0.25, 0.3) is 10.6 Å². The Labute approximate surface area is 185 Å². The number of hydrogen-bond donors (Lipinski definition) is 1. The Morgan fingerprint density at radius 3 is 2.67 bits per heavy atom. The molecule has 0 aliphatic heterocycles. The number of carbonyl (C=O) groups excluding carboxylic acids is 1. The smallest absolute Gasteiger partial charge is 0.407 e. The van der Waals surface area contributed by atoms with Crippen molar-refractivity contribution in [3.8, 4) is 16.3 Å². The minimum absolute atomic E-state index is 0.0359. The zero-order valence-corrected chi connectivity index (χ0v) is 18.0. The van der Waals surface area contributed by atoms with Gasteiger partial charge < -0.3 is 14.8 Å². The van der Waals surface area contributed by atoms with Gasteiger partial charge in [-0.2, -0.15) is 0 Å². The molecule has 0 saturated carbocycles. The summed E-state index contributed by atoms with van der Waals surface area (Å²) in [6.45, 7) is 0.895. The van der Waals surface area contributed by atoms with Crippen LogP contribution in [0, 0.1) is 0 Å². The molecule has 0 fully saturated rings. The van der Waals surface area contributed by atoms with Gasteiger partial charge in [0.05, 0.1) is 12.3 Å². The molecule has 1 aromatic heterocycles. The maximum Gasteiger partial charge on any atom is 0.407 e. The summed E-state index contributed by atoms with van der Waals surface area (Å²) in [4.78, 5) is 18.1. The number of thiazole rings is 1. The summed E-state index contributed by atoms with van der Waals surface area (Å²) >= 11 is 7.35. The van der Waals surface area contributed by atoms with E-state index in [1.807, 2.05) is 54.6 Å². The lowest BCUT2D eigenvalue weighted by Gasteiger charge is -2.12. The Morgan fingerprint density at radius 1 is 1.13 bits per heavy atom. The first-order valence-electron chi connectivity index (χ1n) is 9.96. The van der Waals surface area contributed by atoms with Crippen LogP contribution in [0.3, 0.4) is 0 Å². The number of alkyl halides is 1. The number of aromatic nitrogens is 1. The van der Waals surface area contributed by atoms with Crippen LogP contribution in [0.4, 0.5) is 4.79 Å². The van der Waals surface area contributed by atoms with Crippen molar-refractivity contribution in [2.45, 2.75) is 31.9 Å². The highest BCUT2D eigenvalue weighted by Crippen LogP contribution is 2.34. The topological polar surface area (TPSA) is 60.5 Å². The quantitative estimate of drug-likeness (QED) is 0.384. The third-order valence-electron chi connectivity index (χ3n) is 4.83. The van der Waals surface area contributed by atoms with E-state index in [1.165, 1.54) is 4.88 Å². The number of benzene rings is 2. The van der Waals surface area contributed by atoms with Crippen molar-refractivity contribution in [3.05, 3.63) is 70.7 Å². The fraction of sp³-hybridized carbons (Fsp3) is 0.304. The molecule has 5 nitrogen and oxygen atoms in total. The van der Waals surface area contributed by atoms with Gasteiger partial charge in [-0.15, -0.1) is 22.9 Å². The molecule has 7 heteroatoms. The minimum atomic E-state index is -0.385. The summed E-state index contributed by atoms with van der Waals surface area (Å²) < 4.78 is 11.0. The third-order valence-corrected chi connectivity index (χ3v) is 6.27. The largest absolute Gasteiger partial charge is 0.494 e. The molecule has 0 saturated heterocycles. The predicted octanol–water partition coefficient (Wildman–Crippen LogP) is 5.21. The van der Waals surface area contributed by atoms with Crippen LogP contribution in [0.5, 0.6) is 5.75 Å². The number of nitrogens with one attached hydrogen (secondary N) is 1. The Morgan fingerprint density at radius 2 is 1.93 bits per heavy atom. The van der Waals surface area contributed by atoms with Crippen molar-refractivity contribution >= 4 is 29.0 Å². The summed E-state index contributed by atoms with van der Waals surface area (Å²) in [6.07, 6.45) is 1.96. The highest BCUT2D eigenvalue weighted by Gasteiger charge is 2.27. The van der Waals surface area contributed by atoms with Crippen LogP contribution >= 0.6 is 22.9 Å². The molecule has 1 unspecified atom stereocenters. The Kier molecular flexibility index (Phi) is 6.87. The van der Waals surface area contributed by atoms with Gasteiger partial charge in [0.1, 0.15) is 17.4 Å². The summed E-state index contributed by atoms with van der Waals surface area (Å²) in [5.41, 5.74) is 3.11. The number of hydrogen-bond acceptors (Lipinski definition) is 5. The lowest BCUT2D eigenvalue weighted by atomic mass is 10.2. The second-order valence-corrected chi connectivity index (χ2v) is 8.58. The van der Waals surface area contributed by atoms with Crippen LogP contribution < -0.4 is 10.1 Å². The second kappa shape index (κ2) is 9.96. The van der Waals surface area contributed by atoms with Crippen LogP contribution in [-0.4, -0.2) is 29.6 Å². The van der Waals surface area contributed by atoms with Crippen LogP contribution in [0.1, 0.15) is 22.6 Å². The van der Waals surface area contributed by atoms with Gasteiger partial charge in [-0.25, -0.2) is 9.78 Å². The van der Waals surface area contributed by atoms with Gasteiger partial charge in [0.2, 0.25) is 0 Å². The maximum absolute atomic E-state index is 12.1. The van der Waals surface area contributed by atoms with Crippen molar-refractivity contribution in [1.82, 2.24) is 10.3 Å². The first-order chi connectivity index (χ1) is 14.7. The fourth-order valence-corrected chi connectivity index (χ4v) is 4.61. The molecule has 30 heavy (non-hydrogen) atoms. The van der Waals surface area contributed by atoms with Crippen molar-refractivity contribution in [2.24, 2.45) is 0 Å². The molecule has 0 radical (unpaired) electrons.